The molecule has 2 N–H and O–H groups in total. The number of rotatable bonds is 4. The summed E-state index contributed by atoms with van der Waals surface area (Å²) in [5, 5.41) is 0. The van der Waals surface area contributed by atoms with Gasteiger partial charge in [0, 0.05) is 12.6 Å². The molecule has 0 saturated carbocycles. The van der Waals surface area contributed by atoms with E-state index in [9.17, 15) is 4.79 Å². The highest BCUT2D eigenvalue weighted by Gasteiger charge is 2.31. The zero-order chi connectivity index (χ0) is 13.8. The average Bonchev–Trinajstić information content (AvgIpc) is 2.79. The van der Waals surface area contributed by atoms with E-state index >= 15 is 0 Å². The van der Waals surface area contributed by atoms with E-state index in [-0.39, 0.29) is 18.6 Å². The molecule has 2 rings (SSSR count). The lowest BCUT2D eigenvalue weighted by Gasteiger charge is -2.21. The van der Waals surface area contributed by atoms with Crippen LogP contribution in [-0.4, -0.2) is 36.5 Å². The molecule has 0 spiro atoms. The van der Waals surface area contributed by atoms with Crippen LogP contribution < -0.4 is 10.5 Å². The van der Waals surface area contributed by atoms with Gasteiger partial charge in [0.1, 0.15) is 5.75 Å². The molecule has 1 aliphatic rings. The van der Waals surface area contributed by atoms with Gasteiger partial charge < -0.3 is 15.4 Å². The van der Waals surface area contributed by atoms with Gasteiger partial charge in [-0.3, -0.25) is 4.79 Å². The van der Waals surface area contributed by atoms with Crippen molar-refractivity contribution < 1.29 is 9.53 Å². The van der Waals surface area contributed by atoms with Crippen LogP contribution >= 0.6 is 0 Å². The zero-order valence-electron chi connectivity index (χ0n) is 11.6. The van der Waals surface area contributed by atoms with E-state index in [1.807, 2.05) is 36.1 Å². The number of nitrogens with zero attached hydrogens (tertiary/aromatic N) is 1. The second kappa shape index (κ2) is 6.06. The van der Waals surface area contributed by atoms with Crippen LogP contribution in [0.25, 0.3) is 0 Å². The molecular weight excluding hydrogens is 240 g/mol. The normalized spacial score (nSPS) is 22.6. The second-order valence-corrected chi connectivity index (χ2v) is 5.33. The summed E-state index contributed by atoms with van der Waals surface area (Å²) in [5.41, 5.74) is 6.85. The molecular formula is C15H22N2O2. The van der Waals surface area contributed by atoms with E-state index in [0.717, 1.165) is 18.7 Å². The van der Waals surface area contributed by atoms with Crippen LogP contribution in [0.3, 0.4) is 0 Å². The summed E-state index contributed by atoms with van der Waals surface area (Å²) in [6, 6.07) is 7.99. The summed E-state index contributed by atoms with van der Waals surface area (Å²) in [4.78, 5) is 14.0. The molecule has 1 amide bonds. The van der Waals surface area contributed by atoms with Crippen molar-refractivity contribution in [3.05, 3.63) is 29.8 Å². The first-order valence-corrected chi connectivity index (χ1v) is 6.79. The summed E-state index contributed by atoms with van der Waals surface area (Å²) in [7, 11) is 0. The summed E-state index contributed by atoms with van der Waals surface area (Å²) >= 11 is 0. The van der Waals surface area contributed by atoms with Crippen LogP contribution in [0.15, 0.2) is 24.3 Å². The minimum absolute atomic E-state index is 0.0454. The molecule has 1 heterocycles. The third-order valence-corrected chi connectivity index (χ3v) is 3.70. The topological polar surface area (TPSA) is 55.6 Å². The fourth-order valence-electron chi connectivity index (χ4n) is 2.52. The van der Waals surface area contributed by atoms with Crippen LogP contribution in [-0.2, 0) is 4.79 Å². The Labute approximate surface area is 114 Å². The summed E-state index contributed by atoms with van der Waals surface area (Å²) in [6.45, 7) is 5.60. The van der Waals surface area contributed by atoms with Crippen molar-refractivity contribution >= 4 is 5.91 Å². The monoisotopic (exact) mass is 262 g/mol. The van der Waals surface area contributed by atoms with E-state index in [4.69, 9.17) is 10.5 Å². The molecule has 1 fully saturated rings. The predicted octanol–water partition coefficient (Wildman–Crippen LogP) is 1.57. The second-order valence-electron chi connectivity index (χ2n) is 5.33. The Balaban J connectivity index is 1.86. The number of hydrogen-bond acceptors (Lipinski definition) is 3. The van der Waals surface area contributed by atoms with E-state index in [1.165, 1.54) is 5.56 Å². The van der Waals surface area contributed by atoms with Gasteiger partial charge in [0.15, 0.2) is 6.61 Å². The van der Waals surface area contributed by atoms with Crippen molar-refractivity contribution in [2.75, 3.05) is 19.7 Å². The Kier molecular flexibility index (Phi) is 4.43. The minimum Gasteiger partial charge on any atom is -0.484 e. The summed E-state index contributed by atoms with van der Waals surface area (Å²) in [6.07, 6.45) is 0.993. The SMILES string of the molecule is Cc1ccc(OCC(=O)N2CC(CN)CC2C)cc1. The van der Waals surface area contributed by atoms with Crippen LogP contribution in [0, 0.1) is 12.8 Å². The van der Waals surface area contributed by atoms with E-state index < -0.39 is 0 Å². The van der Waals surface area contributed by atoms with Crippen LogP contribution in [0.2, 0.25) is 0 Å². The molecule has 1 saturated heterocycles. The fraction of sp³-hybridized carbons (Fsp3) is 0.533. The molecule has 4 nitrogen and oxygen atoms in total. The van der Waals surface area contributed by atoms with Gasteiger partial charge in [0.25, 0.3) is 5.91 Å². The maximum atomic E-state index is 12.1. The van der Waals surface area contributed by atoms with Crippen molar-refractivity contribution in [2.24, 2.45) is 11.7 Å². The standard InChI is InChI=1S/C15H22N2O2/c1-11-3-5-14(6-4-11)19-10-15(18)17-9-13(8-16)7-12(17)2/h3-6,12-13H,7-10,16H2,1-2H3. The smallest absolute Gasteiger partial charge is 0.260 e. The molecule has 0 aliphatic carbocycles. The number of ether oxygens (including phenoxy) is 1. The van der Waals surface area contributed by atoms with Crippen LogP contribution in [0.4, 0.5) is 0 Å². The molecule has 0 radical (unpaired) electrons. The first-order valence-electron chi connectivity index (χ1n) is 6.79. The maximum absolute atomic E-state index is 12.1. The van der Waals surface area contributed by atoms with E-state index in [0.29, 0.717) is 12.5 Å². The van der Waals surface area contributed by atoms with Crippen LogP contribution in [0.1, 0.15) is 18.9 Å². The van der Waals surface area contributed by atoms with E-state index in [2.05, 4.69) is 6.92 Å². The average molecular weight is 262 g/mol. The van der Waals surface area contributed by atoms with Gasteiger partial charge in [-0.1, -0.05) is 17.7 Å². The lowest BCUT2D eigenvalue weighted by molar-refractivity contribution is -0.134. The third-order valence-electron chi connectivity index (χ3n) is 3.70. The van der Waals surface area contributed by atoms with Crippen molar-refractivity contribution in [1.82, 2.24) is 4.90 Å². The Morgan fingerprint density at radius 3 is 2.68 bits per heavy atom. The van der Waals surface area contributed by atoms with Crippen molar-refractivity contribution in [2.45, 2.75) is 26.3 Å². The largest absolute Gasteiger partial charge is 0.484 e. The molecule has 1 aromatic carbocycles. The molecule has 19 heavy (non-hydrogen) atoms. The lowest BCUT2D eigenvalue weighted by Crippen LogP contribution is -2.37. The first-order chi connectivity index (χ1) is 9.10. The van der Waals surface area contributed by atoms with Gasteiger partial charge in [-0.05, 0) is 44.9 Å². The van der Waals surface area contributed by atoms with Gasteiger partial charge in [0.2, 0.25) is 0 Å². The van der Waals surface area contributed by atoms with Gasteiger partial charge in [-0.2, -0.15) is 0 Å². The Bertz CT molecular complexity index is 430. The van der Waals surface area contributed by atoms with Gasteiger partial charge >= 0.3 is 0 Å². The first kappa shape index (κ1) is 13.9. The molecule has 104 valence electrons. The van der Waals surface area contributed by atoms with Crippen molar-refractivity contribution in [1.29, 1.82) is 0 Å². The highest BCUT2D eigenvalue weighted by Crippen LogP contribution is 2.22. The number of benzene rings is 1. The van der Waals surface area contributed by atoms with E-state index in [1.54, 1.807) is 0 Å². The van der Waals surface area contributed by atoms with Crippen molar-refractivity contribution in [3.63, 3.8) is 0 Å². The molecule has 1 aliphatic heterocycles. The molecule has 4 heteroatoms. The minimum atomic E-state index is 0.0454. The third kappa shape index (κ3) is 3.47. The Hall–Kier alpha value is -1.55. The number of nitrogens with two attached hydrogens (primary N) is 1. The zero-order valence-corrected chi connectivity index (χ0v) is 11.6. The quantitative estimate of drug-likeness (QED) is 0.896. The number of carbonyl (C=O) groups excluding carboxylic acids is 1. The molecule has 1 aromatic rings. The highest BCUT2D eigenvalue weighted by atomic mass is 16.5. The van der Waals surface area contributed by atoms with Gasteiger partial charge in [-0.15, -0.1) is 0 Å². The highest BCUT2D eigenvalue weighted by molar-refractivity contribution is 5.78. The number of amides is 1. The number of likely N-dealkylation sites (tertiary alicyclic amines) is 1. The van der Waals surface area contributed by atoms with Crippen molar-refractivity contribution in [3.8, 4) is 5.75 Å². The Morgan fingerprint density at radius 2 is 2.11 bits per heavy atom. The summed E-state index contributed by atoms with van der Waals surface area (Å²) in [5.74, 6) is 1.21. The molecule has 2 atom stereocenters. The Morgan fingerprint density at radius 1 is 1.42 bits per heavy atom. The molecule has 0 aromatic heterocycles. The number of carbonyl (C=O) groups is 1. The predicted molar refractivity (Wildman–Crippen MR) is 75.0 cm³/mol. The number of aryl methyl sites for hydroxylation is 1. The van der Waals surface area contributed by atoms with Gasteiger partial charge in [-0.25, -0.2) is 0 Å². The summed E-state index contributed by atoms with van der Waals surface area (Å²) < 4.78 is 5.53. The van der Waals surface area contributed by atoms with Gasteiger partial charge in [0.05, 0.1) is 0 Å². The number of hydrogen-bond donors (Lipinski definition) is 1. The lowest BCUT2D eigenvalue weighted by atomic mass is 10.1. The maximum Gasteiger partial charge on any atom is 0.260 e. The van der Waals surface area contributed by atoms with Crippen LogP contribution in [0.5, 0.6) is 5.75 Å². The molecule has 0 bridgehead atoms. The fourth-order valence-corrected chi connectivity index (χ4v) is 2.52. The molecule has 2 unspecified atom stereocenters.